The lowest BCUT2D eigenvalue weighted by Gasteiger charge is -2.09. The van der Waals surface area contributed by atoms with E-state index in [1.165, 1.54) is 14.2 Å². The second kappa shape index (κ2) is 12.1. The fourth-order valence-corrected chi connectivity index (χ4v) is 3.04. The largest absolute Gasteiger partial charge is 0.493 e. The molecule has 0 aliphatic heterocycles. The number of rotatable bonds is 10. The first-order chi connectivity index (χ1) is 16.5. The Hall–Kier alpha value is -4.33. The number of nitrogens with zero attached hydrogens (tertiary/aromatic N) is 1. The molecule has 0 saturated heterocycles. The Morgan fingerprint density at radius 3 is 2.26 bits per heavy atom. The number of carbonyl (C=O) groups excluding carboxylic acids is 2. The summed E-state index contributed by atoms with van der Waals surface area (Å²) >= 11 is 0. The number of hydrogen-bond donors (Lipinski definition) is 2. The fraction of sp³-hybridized carbons (Fsp3) is 0.192. The average molecular weight is 462 g/mol. The smallest absolute Gasteiger partial charge is 0.271 e. The van der Waals surface area contributed by atoms with E-state index in [0.717, 1.165) is 5.56 Å². The van der Waals surface area contributed by atoms with Crippen molar-refractivity contribution in [2.24, 2.45) is 5.10 Å². The van der Waals surface area contributed by atoms with Crippen molar-refractivity contribution in [2.75, 3.05) is 19.5 Å². The fourth-order valence-electron chi connectivity index (χ4n) is 3.04. The number of hydrogen-bond acceptors (Lipinski definition) is 6. The molecule has 0 heterocycles. The van der Waals surface area contributed by atoms with Crippen LogP contribution in [0, 0.1) is 0 Å². The van der Waals surface area contributed by atoms with Crippen LogP contribution in [0.4, 0.5) is 5.69 Å². The van der Waals surface area contributed by atoms with Gasteiger partial charge in [0.2, 0.25) is 5.91 Å². The molecule has 2 N–H and O–H groups in total. The minimum atomic E-state index is -0.424. The predicted octanol–water partition coefficient (Wildman–Crippen LogP) is 4.42. The average Bonchev–Trinajstić information content (AvgIpc) is 2.87. The van der Waals surface area contributed by atoms with E-state index in [1.54, 1.807) is 49.4 Å². The highest BCUT2D eigenvalue weighted by atomic mass is 16.5. The third-order valence-corrected chi connectivity index (χ3v) is 4.80. The normalized spacial score (nSPS) is 10.9. The maximum absolute atomic E-state index is 12.3. The molecule has 3 aromatic carbocycles. The van der Waals surface area contributed by atoms with Crippen molar-refractivity contribution in [1.29, 1.82) is 0 Å². The lowest BCUT2D eigenvalue weighted by atomic mass is 10.2. The van der Waals surface area contributed by atoms with Crippen molar-refractivity contribution in [2.45, 2.75) is 20.0 Å². The second-order valence-corrected chi connectivity index (χ2v) is 7.38. The van der Waals surface area contributed by atoms with E-state index in [-0.39, 0.29) is 12.3 Å². The van der Waals surface area contributed by atoms with Gasteiger partial charge in [0.15, 0.2) is 11.5 Å². The van der Waals surface area contributed by atoms with Gasteiger partial charge in [-0.2, -0.15) is 5.10 Å². The molecule has 3 rings (SSSR count). The molecule has 3 aromatic rings. The second-order valence-electron chi connectivity index (χ2n) is 7.38. The molecule has 176 valence electrons. The predicted molar refractivity (Wildman–Crippen MR) is 131 cm³/mol. The number of carbonyl (C=O) groups is 2. The monoisotopic (exact) mass is 461 g/mol. The molecule has 0 aliphatic carbocycles. The van der Waals surface area contributed by atoms with Gasteiger partial charge in [-0.3, -0.25) is 9.59 Å². The lowest BCUT2D eigenvalue weighted by Crippen LogP contribution is -2.21. The van der Waals surface area contributed by atoms with Crippen molar-refractivity contribution in [3.05, 3.63) is 83.9 Å². The third kappa shape index (κ3) is 7.09. The minimum absolute atomic E-state index is 0.0263. The first-order valence-electron chi connectivity index (χ1n) is 10.6. The van der Waals surface area contributed by atoms with E-state index in [9.17, 15) is 9.59 Å². The van der Waals surface area contributed by atoms with Crippen LogP contribution in [0.2, 0.25) is 0 Å². The van der Waals surface area contributed by atoms with Crippen LogP contribution in [0.1, 0.15) is 29.3 Å². The molecule has 0 bridgehead atoms. The summed E-state index contributed by atoms with van der Waals surface area (Å²) in [6.07, 6.45) is 0.0263. The van der Waals surface area contributed by atoms with Crippen molar-refractivity contribution in [3.63, 3.8) is 0 Å². The number of amides is 2. The van der Waals surface area contributed by atoms with Crippen LogP contribution in [-0.4, -0.2) is 31.7 Å². The van der Waals surface area contributed by atoms with E-state index in [0.29, 0.717) is 40.8 Å². The van der Waals surface area contributed by atoms with Gasteiger partial charge in [-0.05, 0) is 55.0 Å². The number of ether oxygens (including phenoxy) is 3. The van der Waals surface area contributed by atoms with Crippen LogP contribution in [0.15, 0.2) is 77.9 Å². The van der Waals surface area contributed by atoms with Crippen LogP contribution in [0.25, 0.3) is 0 Å². The summed E-state index contributed by atoms with van der Waals surface area (Å²) in [4.78, 5) is 24.7. The van der Waals surface area contributed by atoms with Crippen LogP contribution in [0.3, 0.4) is 0 Å². The van der Waals surface area contributed by atoms with Gasteiger partial charge < -0.3 is 19.5 Å². The highest BCUT2D eigenvalue weighted by molar-refractivity contribution is 6.06. The van der Waals surface area contributed by atoms with Crippen LogP contribution < -0.4 is 25.0 Å². The first kappa shape index (κ1) is 24.3. The maximum atomic E-state index is 12.3. The summed E-state index contributed by atoms with van der Waals surface area (Å²) in [6.45, 7) is 2.13. The Morgan fingerprint density at radius 2 is 1.59 bits per heavy atom. The number of nitrogens with one attached hydrogen (secondary N) is 2. The molecule has 0 unspecified atom stereocenters. The molecule has 8 nitrogen and oxygen atoms in total. The Bertz CT molecular complexity index is 1140. The van der Waals surface area contributed by atoms with Gasteiger partial charge in [0.05, 0.1) is 20.6 Å². The highest BCUT2D eigenvalue weighted by Gasteiger charge is 2.11. The van der Waals surface area contributed by atoms with Gasteiger partial charge in [-0.25, -0.2) is 5.43 Å². The molecule has 0 aliphatic rings. The topological polar surface area (TPSA) is 98.2 Å². The molecule has 34 heavy (non-hydrogen) atoms. The Kier molecular flexibility index (Phi) is 8.62. The standard InChI is InChI=1S/C26H27N3O5/c1-18(28-29-26(31)20-9-14-23(32-2)24(16-20)33-3)15-25(30)27-21-10-12-22(13-11-21)34-17-19-7-5-4-6-8-19/h4-14,16H,15,17H2,1-3H3,(H,27,30)(H,29,31)/b28-18-. The Morgan fingerprint density at radius 1 is 0.882 bits per heavy atom. The zero-order valence-corrected chi connectivity index (χ0v) is 19.3. The molecule has 8 heteroatoms. The van der Waals surface area contributed by atoms with Crippen LogP contribution in [0.5, 0.6) is 17.2 Å². The van der Waals surface area contributed by atoms with Gasteiger partial charge in [-0.15, -0.1) is 0 Å². The molecule has 0 saturated carbocycles. The summed E-state index contributed by atoms with van der Waals surface area (Å²) < 4.78 is 16.1. The molecular weight excluding hydrogens is 434 g/mol. The van der Waals surface area contributed by atoms with Crippen molar-refractivity contribution in [3.8, 4) is 17.2 Å². The Labute approximate surface area is 198 Å². The SMILES string of the molecule is COc1ccc(C(=O)N/N=C(/C)CC(=O)Nc2ccc(OCc3ccccc3)cc2)cc1OC. The van der Waals surface area contributed by atoms with Crippen LogP contribution in [-0.2, 0) is 11.4 Å². The lowest BCUT2D eigenvalue weighted by molar-refractivity contribution is -0.115. The van der Waals surface area contributed by atoms with Crippen LogP contribution >= 0.6 is 0 Å². The van der Waals surface area contributed by atoms with Gasteiger partial charge in [-0.1, -0.05) is 30.3 Å². The molecule has 0 spiro atoms. The summed E-state index contributed by atoms with van der Waals surface area (Å²) in [5.41, 5.74) is 4.97. The van der Waals surface area contributed by atoms with Gasteiger partial charge in [0.1, 0.15) is 12.4 Å². The van der Waals surface area contributed by atoms with E-state index in [4.69, 9.17) is 14.2 Å². The third-order valence-electron chi connectivity index (χ3n) is 4.80. The number of anilines is 1. The molecule has 0 fully saturated rings. The summed E-state index contributed by atoms with van der Waals surface area (Å²) in [6, 6.07) is 21.8. The van der Waals surface area contributed by atoms with E-state index in [1.807, 2.05) is 30.3 Å². The highest BCUT2D eigenvalue weighted by Crippen LogP contribution is 2.27. The summed E-state index contributed by atoms with van der Waals surface area (Å²) in [5, 5.41) is 6.81. The summed E-state index contributed by atoms with van der Waals surface area (Å²) in [5.74, 6) is 0.988. The van der Waals surface area contributed by atoms with Crippen molar-refractivity contribution >= 4 is 23.2 Å². The minimum Gasteiger partial charge on any atom is -0.493 e. The first-order valence-corrected chi connectivity index (χ1v) is 10.6. The van der Waals surface area contributed by atoms with Gasteiger partial charge in [0.25, 0.3) is 5.91 Å². The quantitative estimate of drug-likeness (QED) is 0.344. The molecule has 0 aromatic heterocycles. The molecule has 2 amide bonds. The maximum Gasteiger partial charge on any atom is 0.271 e. The zero-order valence-electron chi connectivity index (χ0n) is 19.3. The van der Waals surface area contributed by atoms with Crippen molar-refractivity contribution in [1.82, 2.24) is 5.43 Å². The number of benzene rings is 3. The zero-order chi connectivity index (χ0) is 24.3. The molecule has 0 atom stereocenters. The molecular formula is C26H27N3O5. The van der Waals surface area contributed by atoms with E-state index in [2.05, 4.69) is 15.8 Å². The van der Waals surface area contributed by atoms with E-state index < -0.39 is 5.91 Å². The van der Waals surface area contributed by atoms with Gasteiger partial charge >= 0.3 is 0 Å². The van der Waals surface area contributed by atoms with Crippen molar-refractivity contribution < 1.29 is 23.8 Å². The molecule has 0 radical (unpaired) electrons. The number of methoxy groups -OCH3 is 2. The van der Waals surface area contributed by atoms with Gasteiger partial charge in [0, 0.05) is 17.0 Å². The Balaban J connectivity index is 1.48. The van der Waals surface area contributed by atoms with E-state index >= 15 is 0 Å². The summed E-state index contributed by atoms with van der Waals surface area (Å²) in [7, 11) is 3.01. The number of hydrazone groups is 1.